The number of anilines is 4. The molecule has 0 amide bonds. The number of morpholine rings is 1. The van der Waals surface area contributed by atoms with E-state index in [1.807, 2.05) is 48.2 Å². The van der Waals surface area contributed by atoms with E-state index in [1.165, 1.54) is 0 Å². The maximum absolute atomic E-state index is 6.30. The minimum Gasteiger partial charge on any atom is -0.493 e. The van der Waals surface area contributed by atoms with Gasteiger partial charge in [-0.1, -0.05) is 35.3 Å². The number of ether oxygens (including phenoxy) is 3. The zero-order chi connectivity index (χ0) is 30.3. The van der Waals surface area contributed by atoms with Gasteiger partial charge < -0.3 is 24.4 Å². The fourth-order valence-electron chi connectivity index (χ4n) is 4.12. The molecule has 3 aromatic carbocycles. The molecular weight excluding hydrogens is 725 g/mol. The van der Waals surface area contributed by atoms with Crippen LogP contribution in [0, 0.1) is 6.92 Å². The number of nitrogens with one attached hydrogen (secondary N) is 2. The summed E-state index contributed by atoms with van der Waals surface area (Å²) in [6.45, 7) is 4.81. The van der Waals surface area contributed by atoms with Gasteiger partial charge in [0.25, 0.3) is 0 Å². The lowest BCUT2D eigenvalue weighted by atomic mass is 10.2. The van der Waals surface area contributed by atoms with E-state index in [0.717, 1.165) is 26.9 Å². The maximum Gasteiger partial charge on any atom is 0.250 e. The molecule has 224 valence electrons. The maximum atomic E-state index is 6.30. The number of hydrazone groups is 1. The molecule has 43 heavy (non-hydrogen) atoms. The zero-order valence-electron chi connectivity index (χ0n) is 23.2. The summed E-state index contributed by atoms with van der Waals surface area (Å²) in [7, 11) is 1.57. The molecule has 0 bridgehead atoms. The van der Waals surface area contributed by atoms with E-state index >= 15 is 0 Å². The van der Waals surface area contributed by atoms with E-state index in [-0.39, 0.29) is 12.6 Å². The second kappa shape index (κ2) is 14.5. The van der Waals surface area contributed by atoms with Crippen molar-refractivity contribution < 1.29 is 14.2 Å². The molecule has 0 radical (unpaired) electrons. The molecule has 2 N–H and O–H groups in total. The van der Waals surface area contributed by atoms with Gasteiger partial charge in [-0.3, -0.25) is 0 Å². The van der Waals surface area contributed by atoms with Crippen LogP contribution < -0.4 is 25.1 Å². The highest BCUT2D eigenvalue weighted by Crippen LogP contribution is 2.37. The highest BCUT2D eigenvalue weighted by atomic mass is 79.9. The average molecular weight is 752 g/mol. The monoisotopic (exact) mass is 749 g/mol. The predicted molar refractivity (Wildman–Crippen MR) is 178 cm³/mol. The van der Waals surface area contributed by atoms with Crippen LogP contribution in [0.25, 0.3) is 0 Å². The first-order valence-electron chi connectivity index (χ1n) is 13.1. The zero-order valence-corrected chi connectivity index (χ0v) is 27.9. The van der Waals surface area contributed by atoms with Crippen LogP contribution in [0.5, 0.6) is 11.5 Å². The smallest absolute Gasteiger partial charge is 0.250 e. The number of aryl methyl sites for hydroxylation is 1. The lowest BCUT2D eigenvalue weighted by Gasteiger charge is -2.27. The number of rotatable bonds is 10. The first kappa shape index (κ1) is 31.3. The molecule has 0 atom stereocenters. The SMILES string of the molecule is COc1cc(/C=N/Nc2nc(Nc3ccc(C)cc3Br)nc(N3CCOCC3)n2)cc(Br)c1OCc1ccc(Cl)cc1Cl. The van der Waals surface area contributed by atoms with Gasteiger partial charge in [0.2, 0.25) is 17.8 Å². The molecule has 14 heteroatoms. The second-order valence-electron chi connectivity index (χ2n) is 9.42. The van der Waals surface area contributed by atoms with Gasteiger partial charge in [-0.2, -0.15) is 20.1 Å². The number of methoxy groups -OCH3 is 1. The van der Waals surface area contributed by atoms with Gasteiger partial charge >= 0.3 is 0 Å². The van der Waals surface area contributed by atoms with Crippen molar-refractivity contribution in [3.8, 4) is 11.5 Å². The van der Waals surface area contributed by atoms with Crippen LogP contribution in [0.4, 0.5) is 23.5 Å². The topological polar surface area (TPSA) is 106 Å². The summed E-state index contributed by atoms with van der Waals surface area (Å²) < 4.78 is 18.7. The summed E-state index contributed by atoms with van der Waals surface area (Å²) in [4.78, 5) is 15.8. The number of halogens is 4. The van der Waals surface area contributed by atoms with Crippen molar-refractivity contribution >= 4 is 84.8 Å². The third-order valence-electron chi connectivity index (χ3n) is 6.31. The molecule has 10 nitrogen and oxygen atoms in total. The Morgan fingerprint density at radius 3 is 2.53 bits per heavy atom. The summed E-state index contributed by atoms with van der Waals surface area (Å²) in [5, 5.41) is 8.74. The van der Waals surface area contributed by atoms with Crippen LogP contribution in [0.2, 0.25) is 10.0 Å². The molecule has 1 aromatic heterocycles. The van der Waals surface area contributed by atoms with E-state index in [4.69, 9.17) is 37.4 Å². The molecule has 0 saturated carbocycles. The van der Waals surface area contributed by atoms with Crippen molar-refractivity contribution in [3.63, 3.8) is 0 Å². The van der Waals surface area contributed by atoms with Gasteiger partial charge in [0.15, 0.2) is 11.5 Å². The fraction of sp³-hybridized carbons (Fsp3) is 0.241. The Bertz CT molecular complexity index is 1640. The van der Waals surface area contributed by atoms with E-state index in [1.54, 1.807) is 25.5 Å². The average Bonchev–Trinajstić information content (AvgIpc) is 2.99. The lowest BCUT2D eigenvalue weighted by molar-refractivity contribution is 0.122. The number of hydrogen-bond acceptors (Lipinski definition) is 10. The third kappa shape index (κ3) is 8.27. The second-order valence-corrected chi connectivity index (χ2v) is 12.0. The highest BCUT2D eigenvalue weighted by molar-refractivity contribution is 9.11. The molecule has 1 fully saturated rings. The molecule has 2 heterocycles. The molecule has 1 aliphatic heterocycles. The standard InChI is InChI=1S/C29H27Br2Cl2N7O3/c1-17-3-6-24(21(30)11-17)35-27-36-28(38-29(37-27)40-7-9-42-10-8-40)39-34-15-18-12-22(31)26(25(13-18)41-2)43-16-19-4-5-20(32)14-23(19)33/h3-6,11-15H,7-10,16H2,1-2H3,(H2,35,36,37,38,39)/b34-15+. The fourth-order valence-corrected chi connectivity index (χ4v) is 5.75. The molecule has 4 aromatic rings. The summed E-state index contributed by atoms with van der Waals surface area (Å²) in [6.07, 6.45) is 1.63. The van der Waals surface area contributed by atoms with E-state index < -0.39 is 0 Å². The Labute approximate surface area is 276 Å². The van der Waals surface area contributed by atoms with Gasteiger partial charge in [0.1, 0.15) is 6.61 Å². The molecule has 1 aliphatic rings. The quantitative estimate of drug-likeness (QED) is 0.125. The first-order valence-corrected chi connectivity index (χ1v) is 15.5. The minimum atomic E-state index is 0.236. The van der Waals surface area contributed by atoms with E-state index in [2.05, 4.69) is 62.7 Å². The largest absolute Gasteiger partial charge is 0.493 e. The summed E-state index contributed by atoms with van der Waals surface area (Å²) in [5.74, 6) is 2.23. The molecule has 5 rings (SSSR count). The number of nitrogens with zero attached hydrogens (tertiary/aromatic N) is 5. The van der Waals surface area contributed by atoms with Gasteiger partial charge in [0, 0.05) is 33.2 Å². The Morgan fingerprint density at radius 1 is 1.00 bits per heavy atom. The Hall–Kier alpha value is -3.16. The number of benzene rings is 3. The van der Waals surface area contributed by atoms with Crippen LogP contribution in [-0.4, -0.2) is 54.6 Å². The normalized spacial score (nSPS) is 13.3. The van der Waals surface area contributed by atoms with Crippen LogP contribution in [0.3, 0.4) is 0 Å². The Kier molecular flexibility index (Phi) is 10.6. The summed E-state index contributed by atoms with van der Waals surface area (Å²) in [5.41, 5.74) is 6.44. The number of aromatic nitrogens is 3. The van der Waals surface area contributed by atoms with Crippen molar-refractivity contribution in [2.45, 2.75) is 13.5 Å². The Balaban J connectivity index is 1.34. The van der Waals surface area contributed by atoms with Gasteiger partial charge in [0.05, 0.1) is 36.7 Å². The van der Waals surface area contributed by atoms with Crippen molar-refractivity contribution in [2.24, 2.45) is 5.10 Å². The summed E-state index contributed by atoms with van der Waals surface area (Å²) >= 11 is 19.5. The van der Waals surface area contributed by atoms with Crippen molar-refractivity contribution in [3.05, 3.63) is 84.2 Å². The van der Waals surface area contributed by atoms with Crippen molar-refractivity contribution in [1.29, 1.82) is 0 Å². The lowest BCUT2D eigenvalue weighted by Crippen LogP contribution is -2.37. The van der Waals surface area contributed by atoms with Crippen molar-refractivity contribution in [1.82, 2.24) is 15.0 Å². The molecule has 0 aliphatic carbocycles. The van der Waals surface area contributed by atoms with Crippen molar-refractivity contribution in [2.75, 3.05) is 49.1 Å². The van der Waals surface area contributed by atoms with Crippen LogP contribution in [-0.2, 0) is 11.3 Å². The Morgan fingerprint density at radius 2 is 1.79 bits per heavy atom. The van der Waals surface area contributed by atoms with E-state index in [9.17, 15) is 0 Å². The van der Waals surface area contributed by atoms with Gasteiger partial charge in [-0.25, -0.2) is 5.43 Å². The summed E-state index contributed by atoms with van der Waals surface area (Å²) in [6, 6.07) is 14.9. The van der Waals surface area contributed by atoms with Crippen LogP contribution in [0.1, 0.15) is 16.7 Å². The van der Waals surface area contributed by atoms with Gasteiger partial charge in [-0.15, -0.1) is 0 Å². The molecular formula is C29H27Br2Cl2N7O3. The van der Waals surface area contributed by atoms with E-state index in [0.29, 0.717) is 64.2 Å². The molecule has 1 saturated heterocycles. The predicted octanol–water partition coefficient (Wildman–Crippen LogP) is 7.63. The highest BCUT2D eigenvalue weighted by Gasteiger charge is 2.18. The van der Waals surface area contributed by atoms with Crippen LogP contribution in [0.15, 0.2) is 62.6 Å². The van der Waals surface area contributed by atoms with Crippen LogP contribution >= 0.6 is 55.1 Å². The third-order valence-corrected chi connectivity index (χ3v) is 8.14. The first-order chi connectivity index (χ1) is 20.8. The molecule has 0 unspecified atom stereocenters. The molecule has 0 spiro atoms. The van der Waals surface area contributed by atoms with Gasteiger partial charge in [-0.05, 0) is 86.3 Å². The number of hydrogen-bond donors (Lipinski definition) is 2. The minimum absolute atomic E-state index is 0.236.